The fourth-order valence-corrected chi connectivity index (χ4v) is 1.50. The Morgan fingerprint density at radius 1 is 1.12 bits per heavy atom. The number of nitrogens with two attached hydrogens (primary N) is 1. The molecule has 1 aromatic carbocycles. The van der Waals surface area contributed by atoms with E-state index in [-0.39, 0.29) is 8.41 Å². The Labute approximate surface area is 109 Å². The lowest BCUT2D eigenvalue weighted by Gasteiger charge is -1.97. The number of ether oxygens (including phenoxy) is 1. The van der Waals surface area contributed by atoms with Gasteiger partial charge in [-0.05, 0) is 30.5 Å². The number of hydrogen-bond acceptors (Lipinski definition) is 2. The molecule has 0 amide bonds. The van der Waals surface area contributed by atoms with E-state index in [0.717, 1.165) is 18.8 Å². The van der Waals surface area contributed by atoms with Gasteiger partial charge in [0.1, 0.15) is 0 Å². The van der Waals surface area contributed by atoms with Crippen LogP contribution in [0.1, 0.15) is 18.4 Å². The first kappa shape index (κ1) is 15.8. The molecule has 87 valence electrons. The lowest BCUT2D eigenvalue weighted by molar-refractivity contribution is 0.198. The van der Waals surface area contributed by atoms with Crippen molar-refractivity contribution >= 4 is 31.6 Å². The highest BCUT2D eigenvalue weighted by Crippen LogP contribution is 2.22. The van der Waals surface area contributed by atoms with Gasteiger partial charge in [-0.1, -0.05) is 29.3 Å². The fourth-order valence-electron chi connectivity index (χ4n) is 1.18. The Kier molecular flexibility index (Phi) is 8.76. The van der Waals surface area contributed by atoms with Crippen molar-refractivity contribution in [1.29, 1.82) is 0 Å². The quantitative estimate of drug-likeness (QED) is 0.787. The van der Waals surface area contributed by atoms with E-state index >= 15 is 0 Å². The second-order valence-corrected chi connectivity index (χ2v) is 4.09. The van der Waals surface area contributed by atoms with Crippen LogP contribution in [0.2, 0.25) is 10.0 Å². The van der Waals surface area contributed by atoms with Gasteiger partial charge in [0.2, 0.25) is 0 Å². The predicted molar refractivity (Wildman–Crippen MR) is 70.2 cm³/mol. The monoisotopic (exact) mass is 258 g/mol. The number of benzene rings is 1. The Morgan fingerprint density at radius 2 is 1.75 bits per heavy atom. The molecule has 5 heteroatoms. The van der Waals surface area contributed by atoms with Crippen molar-refractivity contribution < 1.29 is 4.74 Å². The zero-order chi connectivity index (χ0) is 11.1. The maximum absolute atomic E-state index is 5.71. The molecule has 3 radical (unpaired) electrons. The molecule has 1 aliphatic rings. The van der Waals surface area contributed by atoms with Gasteiger partial charge < -0.3 is 10.5 Å². The predicted octanol–water partition coefficient (Wildman–Crippen LogP) is 2.87. The van der Waals surface area contributed by atoms with Gasteiger partial charge in [-0.3, -0.25) is 0 Å². The summed E-state index contributed by atoms with van der Waals surface area (Å²) >= 11 is 11.4. The molecule has 0 unspecified atom stereocenters. The summed E-state index contributed by atoms with van der Waals surface area (Å²) in [5.74, 6) is 0. The summed E-state index contributed by atoms with van der Waals surface area (Å²) in [6.45, 7) is 2.50. The second-order valence-electron chi connectivity index (χ2n) is 3.27. The highest BCUT2D eigenvalue weighted by atomic mass is 35.5. The molecule has 1 aliphatic heterocycles. The van der Waals surface area contributed by atoms with Gasteiger partial charge >= 0.3 is 0 Å². The van der Waals surface area contributed by atoms with Crippen molar-refractivity contribution in [3.63, 3.8) is 0 Å². The molecule has 0 saturated carbocycles. The van der Waals surface area contributed by atoms with Crippen LogP contribution in [0, 0.1) is 0 Å². The zero-order valence-corrected chi connectivity index (χ0v) is 10.6. The molecule has 0 bridgehead atoms. The number of hydrogen-bond donors (Lipinski definition) is 1. The van der Waals surface area contributed by atoms with Crippen molar-refractivity contribution in [1.82, 2.24) is 0 Å². The van der Waals surface area contributed by atoms with Crippen LogP contribution in [0.5, 0.6) is 0 Å². The van der Waals surface area contributed by atoms with E-state index < -0.39 is 0 Å². The van der Waals surface area contributed by atoms with Gasteiger partial charge in [0.15, 0.2) is 0 Å². The third kappa shape index (κ3) is 5.76. The summed E-state index contributed by atoms with van der Waals surface area (Å²) in [4.78, 5) is 0. The summed E-state index contributed by atoms with van der Waals surface area (Å²) in [7, 11) is 0. The fraction of sp³-hybridized carbons (Fsp3) is 0.455. The first-order valence-corrected chi connectivity index (χ1v) is 5.71. The first-order valence-electron chi connectivity index (χ1n) is 4.96. The van der Waals surface area contributed by atoms with E-state index in [4.69, 9.17) is 33.7 Å². The Balaban J connectivity index is 0.000000318. The van der Waals surface area contributed by atoms with Crippen LogP contribution in [0.3, 0.4) is 0 Å². The average Bonchev–Trinajstić information content (AvgIpc) is 2.80. The lowest BCUT2D eigenvalue weighted by atomic mass is 10.2. The summed E-state index contributed by atoms with van der Waals surface area (Å²) in [5.41, 5.74) is 6.36. The Bertz CT molecular complexity index is 298. The SMILES string of the molecule is C1CCOC1.NCc1ccc(Cl)c(Cl)c1.[B]. The van der Waals surface area contributed by atoms with E-state index in [9.17, 15) is 0 Å². The molecular weight excluding hydrogens is 244 g/mol. The van der Waals surface area contributed by atoms with Crippen molar-refractivity contribution in [2.75, 3.05) is 13.2 Å². The van der Waals surface area contributed by atoms with Crippen molar-refractivity contribution in [2.45, 2.75) is 19.4 Å². The summed E-state index contributed by atoms with van der Waals surface area (Å²) in [6.07, 6.45) is 2.56. The van der Waals surface area contributed by atoms with E-state index in [2.05, 4.69) is 0 Å². The average molecular weight is 259 g/mol. The summed E-state index contributed by atoms with van der Waals surface area (Å²) in [5, 5.41) is 1.13. The molecule has 0 atom stereocenters. The van der Waals surface area contributed by atoms with E-state index in [0.29, 0.717) is 16.6 Å². The third-order valence-corrected chi connectivity index (χ3v) is 2.79. The van der Waals surface area contributed by atoms with Crippen LogP contribution in [-0.4, -0.2) is 21.6 Å². The standard InChI is InChI=1S/C7H7Cl2N.C4H8O.B/c8-6-2-1-5(4-10)3-7(6)9;1-2-4-5-3-1;/h1-3H,4,10H2;1-4H2;. The third-order valence-electron chi connectivity index (χ3n) is 2.05. The van der Waals surface area contributed by atoms with Gasteiger partial charge in [0.05, 0.1) is 10.0 Å². The minimum Gasteiger partial charge on any atom is -0.381 e. The normalized spacial score (nSPS) is 13.7. The van der Waals surface area contributed by atoms with Gasteiger partial charge in [-0.2, -0.15) is 0 Å². The van der Waals surface area contributed by atoms with E-state index in [1.54, 1.807) is 12.1 Å². The highest BCUT2D eigenvalue weighted by Gasteiger charge is 1.96. The molecule has 0 aliphatic carbocycles. The van der Waals surface area contributed by atoms with Crippen LogP contribution in [0.15, 0.2) is 18.2 Å². The Morgan fingerprint density at radius 3 is 2.12 bits per heavy atom. The molecular formula is C11H15BCl2NO. The molecule has 0 spiro atoms. The van der Waals surface area contributed by atoms with Crippen LogP contribution in [0.4, 0.5) is 0 Å². The number of rotatable bonds is 1. The van der Waals surface area contributed by atoms with Crippen molar-refractivity contribution in [3.05, 3.63) is 33.8 Å². The molecule has 1 aromatic rings. The van der Waals surface area contributed by atoms with Crippen LogP contribution in [0.25, 0.3) is 0 Å². The molecule has 1 fully saturated rings. The van der Waals surface area contributed by atoms with Crippen molar-refractivity contribution in [3.8, 4) is 0 Å². The van der Waals surface area contributed by atoms with Gasteiger partial charge in [0, 0.05) is 28.2 Å². The Hall–Kier alpha value is -0.215. The van der Waals surface area contributed by atoms with Gasteiger partial charge in [-0.15, -0.1) is 0 Å². The lowest BCUT2D eigenvalue weighted by Crippen LogP contribution is -1.95. The van der Waals surface area contributed by atoms with Gasteiger partial charge in [0.25, 0.3) is 0 Å². The van der Waals surface area contributed by atoms with Crippen LogP contribution >= 0.6 is 23.2 Å². The van der Waals surface area contributed by atoms with E-state index in [1.807, 2.05) is 6.07 Å². The number of halogens is 2. The molecule has 1 saturated heterocycles. The largest absolute Gasteiger partial charge is 0.381 e. The van der Waals surface area contributed by atoms with Crippen molar-refractivity contribution in [2.24, 2.45) is 5.73 Å². The summed E-state index contributed by atoms with van der Waals surface area (Å²) in [6, 6.07) is 5.37. The smallest absolute Gasteiger partial charge is 0.0595 e. The maximum Gasteiger partial charge on any atom is 0.0595 e. The summed E-state index contributed by atoms with van der Waals surface area (Å²) < 4.78 is 4.94. The molecule has 2 nitrogen and oxygen atoms in total. The minimum atomic E-state index is 0. The van der Waals surface area contributed by atoms with Crippen LogP contribution < -0.4 is 5.73 Å². The molecule has 0 aromatic heterocycles. The van der Waals surface area contributed by atoms with E-state index in [1.165, 1.54) is 12.8 Å². The maximum atomic E-state index is 5.71. The molecule has 16 heavy (non-hydrogen) atoms. The second kappa shape index (κ2) is 8.88. The first-order chi connectivity index (χ1) is 7.24. The molecule has 2 N–H and O–H groups in total. The zero-order valence-electron chi connectivity index (χ0n) is 9.09. The minimum absolute atomic E-state index is 0. The molecule has 1 heterocycles. The van der Waals surface area contributed by atoms with Gasteiger partial charge in [-0.25, -0.2) is 0 Å². The van der Waals surface area contributed by atoms with Crippen LogP contribution in [-0.2, 0) is 11.3 Å². The molecule has 2 rings (SSSR count). The highest BCUT2D eigenvalue weighted by molar-refractivity contribution is 6.42. The topological polar surface area (TPSA) is 35.2 Å².